The Morgan fingerprint density at radius 3 is 0.680 bits per heavy atom. The van der Waals surface area contributed by atoms with E-state index >= 15 is 0 Å². The molecule has 0 aliphatic carbocycles. The third-order valence-corrected chi connectivity index (χ3v) is 36.0. The highest BCUT2D eigenvalue weighted by atomic mass is 28.5. The predicted molar refractivity (Wildman–Crippen MR) is 443 cm³/mol. The van der Waals surface area contributed by atoms with Crippen LogP contribution in [0.2, 0.25) is 91.7 Å². The van der Waals surface area contributed by atoms with Crippen LogP contribution in [0.4, 0.5) is 56.9 Å². The molecule has 12 rings (SSSR count). The molecule has 0 heterocycles. The van der Waals surface area contributed by atoms with E-state index in [1.807, 2.05) is 0 Å². The van der Waals surface area contributed by atoms with E-state index < -0.39 is 50.4 Å². The van der Waals surface area contributed by atoms with Crippen LogP contribution in [0.1, 0.15) is 0 Å². The molecule has 0 atom stereocenters. The molecule has 0 aliphatic heterocycles. The van der Waals surface area contributed by atoms with Crippen LogP contribution in [-0.4, -0.2) is 50.4 Å². The zero-order valence-electron chi connectivity index (χ0n) is 60.4. The van der Waals surface area contributed by atoms with E-state index in [1.54, 1.807) is 0 Å². The minimum atomic E-state index is -3.17. The van der Waals surface area contributed by atoms with Crippen molar-refractivity contribution >= 4 is 118 Å². The molecule has 0 radical (unpaired) electrons. The van der Waals surface area contributed by atoms with Crippen LogP contribution in [-0.2, 0) is 16.5 Å². The van der Waals surface area contributed by atoms with Crippen molar-refractivity contribution in [1.29, 1.82) is 0 Å². The van der Waals surface area contributed by atoms with Gasteiger partial charge in [-0.3, -0.25) is 0 Å². The van der Waals surface area contributed by atoms with E-state index in [0.29, 0.717) is 0 Å². The first kappa shape index (κ1) is 70.8. The maximum absolute atomic E-state index is 7.46. The third-order valence-electron chi connectivity index (χ3n) is 17.1. The smallest absolute Gasteiger partial charge is 0.351 e. The molecule has 0 bridgehead atoms. The Balaban J connectivity index is 0.883. The van der Waals surface area contributed by atoms with Gasteiger partial charge < -0.3 is 36.9 Å². The Hall–Kier alpha value is -9.02. The molecule has 0 fully saturated rings. The van der Waals surface area contributed by atoms with Crippen LogP contribution in [0, 0.1) is 0 Å². The lowest BCUT2D eigenvalue weighted by Crippen LogP contribution is -2.61. The molecule has 14 heteroatoms. The largest absolute Gasteiger partial charge is 0.433 e. The molecule has 12 aromatic rings. The van der Waals surface area contributed by atoms with Crippen molar-refractivity contribution in [3.63, 3.8) is 0 Å². The lowest BCUT2D eigenvalue weighted by Gasteiger charge is -2.41. The first-order valence-electron chi connectivity index (χ1n) is 34.8. The van der Waals surface area contributed by atoms with E-state index in [0.717, 1.165) is 123 Å². The molecule has 0 aromatic heterocycles. The number of para-hydroxylation sites is 4. The van der Waals surface area contributed by atoms with Gasteiger partial charge in [-0.15, -0.1) is 0 Å². The van der Waals surface area contributed by atoms with Crippen molar-refractivity contribution in [2.45, 2.75) is 91.7 Å². The molecular weight excluding hydrogens is 1320 g/mol. The van der Waals surface area contributed by atoms with Crippen molar-refractivity contribution in [2.75, 3.05) is 20.4 Å². The number of anilines is 10. The van der Waals surface area contributed by atoms with Crippen LogP contribution in [0.3, 0.4) is 0 Å². The summed E-state index contributed by atoms with van der Waals surface area (Å²) in [6, 6.07) is 109. The number of nitrogens with one attached hydrogen (secondary N) is 2. The first-order chi connectivity index (χ1) is 47.8. The summed E-state index contributed by atoms with van der Waals surface area (Å²) >= 11 is 0. The summed E-state index contributed by atoms with van der Waals surface area (Å²) in [6.07, 6.45) is 0. The summed E-state index contributed by atoms with van der Waals surface area (Å²) in [7, 11) is -15.0. The summed E-state index contributed by atoms with van der Waals surface area (Å²) in [5, 5.41) is 10.2. The molecule has 12 aromatic carbocycles. The Labute approximate surface area is 601 Å². The number of rotatable bonds is 25. The van der Waals surface area contributed by atoms with Gasteiger partial charge in [0.05, 0.1) is 11.4 Å². The average molecular weight is 1420 g/mol. The summed E-state index contributed by atoms with van der Waals surface area (Å²) in [4.78, 5) is 4.67. The van der Waals surface area contributed by atoms with Gasteiger partial charge in [-0.25, -0.2) is 0 Å². The number of hydrogen-bond donors (Lipinski definition) is 2. The van der Waals surface area contributed by atoms with Crippen molar-refractivity contribution in [2.24, 2.45) is 0 Å². The van der Waals surface area contributed by atoms with Gasteiger partial charge in [-0.1, -0.05) is 206 Å². The third kappa shape index (κ3) is 17.1. The van der Waals surface area contributed by atoms with Gasteiger partial charge in [-0.2, -0.15) is 0 Å². The van der Waals surface area contributed by atoms with Gasteiger partial charge in [0, 0.05) is 67.0 Å². The fourth-order valence-electron chi connectivity index (χ4n) is 13.8. The minimum Gasteiger partial charge on any atom is -0.433 e. The van der Waals surface area contributed by atoms with E-state index in [9.17, 15) is 0 Å². The highest BCUT2D eigenvalue weighted by Gasteiger charge is 2.48. The van der Waals surface area contributed by atoms with Gasteiger partial charge in [0.25, 0.3) is 0 Å². The van der Waals surface area contributed by atoms with Crippen LogP contribution in [0.15, 0.2) is 303 Å². The standard InChI is InChI=1S/C86H94N4O4Si6/c1-95(2,3)91-99(13,92-96(4,5)6)85-81(67-33-21-15-22-34-67)63-61-79(83(85)87-71-37-25-17-26-38-71)69-49-57-77(58-50-69)89(73-41-29-19-30-42-73)75-53-45-65(46-54-75)66-47-55-76(56-48-66)90(74-43-31-20-32-44-74)78-59-51-70(52-60-78)80-62-64-82(68-35-23-16-24-36-68)86(84(80)88-72-39-27-18-28-40-72)100(14,93-97(7,8)9)94-98(10,11)12/h15-64,87-88H,1-14H3. The summed E-state index contributed by atoms with van der Waals surface area (Å²) in [6.45, 7) is 31.9. The van der Waals surface area contributed by atoms with Gasteiger partial charge in [0.15, 0.2) is 33.3 Å². The molecular formula is C86H94N4O4Si6. The fraction of sp³-hybridized carbons (Fsp3) is 0.163. The first-order valence-corrected chi connectivity index (χ1v) is 53.1. The molecule has 8 nitrogen and oxygen atoms in total. The monoisotopic (exact) mass is 1410 g/mol. The minimum absolute atomic E-state index is 1.000. The van der Waals surface area contributed by atoms with Crippen molar-refractivity contribution in [3.8, 4) is 55.6 Å². The maximum atomic E-state index is 7.46. The highest BCUT2D eigenvalue weighted by molar-refractivity contribution is 6.96. The Morgan fingerprint density at radius 1 is 0.210 bits per heavy atom. The van der Waals surface area contributed by atoms with Crippen LogP contribution in [0.5, 0.6) is 0 Å². The quantitative estimate of drug-likeness (QED) is 0.0549. The lowest BCUT2D eigenvalue weighted by molar-refractivity contribution is 0.403. The molecule has 0 aliphatic rings. The van der Waals surface area contributed by atoms with Crippen LogP contribution in [0.25, 0.3) is 55.6 Å². The molecule has 0 unspecified atom stereocenters. The van der Waals surface area contributed by atoms with E-state index in [4.69, 9.17) is 16.5 Å². The summed E-state index contributed by atoms with van der Waals surface area (Å²) < 4.78 is 29.8. The molecule has 0 saturated heterocycles. The van der Waals surface area contributed by atoms with E-state index in [1.165, 1.54) is 0 Å². The SMILES string of the molecule is C[Si](C)(C)O[Si](C)(O[Si](C)(C)C)c1c(-c2ccccc2)ccc(-c2ccc(N(c3ccccc3)c3ccc(-c4ccc(N(c5ccccc5)c5ccc(-c6ccc(-c7ccccc7)c([Si](C)(O[Si](C)(C)C)O[Si](C)(C)C)c6Nc6ccccc6)cc5)cc4)cc3)cc2)c1Nc1ccccc1. The van der Waals surface area contributed by atoms with Crippen molar-refractivity contribution in [3.05, 3.63) is 303 Å². The molecule has 0 spiro atoms. The second-order valence-corrected chi connectivity index (χ2v) is 54.8. The van der Waals surface area contributed by atoms with Gasteiger partial charge in [0.1, 0.15) is 0 Å². The Morgan fingerprint density at radius 2 is 0.420 bits per heavy atom. The lowest BCUT2D eigenvalue weighted by atomic mass is 9.97. The highest BCUT2D eigenvalue weighted by Crippen LogP contribution is 2.44. The van der Waals surface area contributed by atoms with E-state index in [-0.39, 0.29) is 0 Å². The Bertz CT molecular complexity index is 4350. The van der Waals surface area contributed by atoms with Crippen molar-refractivity contribution in [1.82, 2.24) is 0 Å². The molecule has 0 amide bonds. The number of benzene rings is 12. The predicted octanol–water partition coefficient (Wildman–Crippen LogP) is 24.4. The molecule has 100 heavy (non-hydrogen) atoms. The second-order valence-electron chi connectivity index (χ2n) is 29.8. The Kier molecular flexibility index (Phi) is 21.0. The summed E-state index contributed by atoms with van der Waals surface area (Å²) in [5.41, 5.74) is 21.4. The molecule has 0 saturated carbocycles. The molecule has 2 N–H and O–H groups in total. The zero-order valence-corrected chi connectivity index (χ0v) is 66.4. The van der Waals surface area contributed by atoms with Crippen LogP contribution >= 0.6 is 0 Å². The van der Waals surface area contributed by atoms with E-state index in [2.05, 4.69) is 415 Å². The van der Waals surface area contributed by atoms with Gasteiger partial charge >= 0.3 is 17.1 Å². The van der Waals surface area contributed by atoms with Gasteiger partial charge in [-0.05, 0) is 233 Å². The van der Waals surface area contributed by atoms with Gasteiger partial charge in [0.2, 0.25) is 0 Å². The molecule has 506 valence electrons. The van der Waals surface area contributed by atoms with Crippen molar-refractivity contribution < 1.29 is 16.5 Å². The topological polar surface area (TPSA) is 67.5 Å². The van der Waals surface area contributed by atoms with Crippen LogP contribution < -0.4 is 30.8 Å². The number of nitrogens with zero attached hydrogens (tertiary/aromatic N) is 2. The average Bonchev–Trinajstić information content (AvgIpc) is 0.747. The zero-order chi connectivity index (χ0) is 70.5. The fourth-order valence-corrected chi connectivity index (χ4v) is 37.9. The summed E-state index contributed by atoms with van der Waals surface area (Å²) in [5.74, 6) is 0. The maximum Gasteiger partial charge on any atom is 0.351 e. The number of hydrogen-bond acceptors (Lipinski definition) is 8. The normalized spacial score (nSPS) is 12.3. The second kappa shape index (κ2) is 29.7.